The van der Waals surface area contributed by atoms with Gasteiger partial charge in [0.1, 0.15) is 22.2 Å². The standard InChI is InChI=1S/C10H8Cl2N2O2/c1-15-5-3-6-8(7(4-5)16-2)13-10(12)14-9(6)11/h3-4H,1-2H3. The molecule has 16 heavy (non-hydrogen) atoms. The Hall–Kier alpha value is -1.26. The van der Waals surface area contributed by atoms with Gasteiger partial charge in [-0.2, -0.15) is 0 Å². The highest BCUT2D eigenvalue weighted by atomic mass is 35.5. The minimum atomic E-state index is 0.0842. The van der Waals surface area contributed by atoms with Crippen molar-refractivity contribution in [2.75, 3.05) is 14.2 Å². The van der Waals surface area contributed by atoms with Crippen molar-refractivity contribution in [2.24, 2.45) is 0 Å². The highest BCUT2D eigenvalue weighted by molar-refractivity contribution is 6.36. The molecule has 6 heteroatoms. The fourth-order valence-corrected chi connectivity index (χ4v) is 1.82. The number of benzene rings is 1. The van der Waals surface area contributed by atoms with E-state index in [1.165, 1.54) is 7.11 Å². The van der Waals surface area contributed by atoms with Crippen molar-refractivity contribution in [2.45, 2.75) is 0 Å². The van der Waals surface area contributed by atoms with E-state index in [9.17, 15) is 0 Å². The lowest BCUT2D eigenvalue weighted by Crippen LogP contribution is -1.93. The first-order chi connectivity index (χ1) is 7.65. The van der Waals surface area contributed by atoms with Gasteiger partial charge in [0.05, 0.1) is 14.2 Å². The van der Waals surface area contributed by atoms with Crippen LogP contribution in [0.4, 0.5) is 0 Å². The van der Waals surface area contributed by atoms with Crippen molar-refractivity contribution in [3.63, 3.8) is 0 Å². The molecule has 1 heterocycles. The molecule has 4 nitrogen and oxygen atoms in total. The molecular formula is C10H8Cl2N2O2. The van der Waals surface area contributed by atoms with Crippen LogP contribution in [0.5, 0.6) is 11.5 Å². The second-order valence-electron chi connectivity index (χ2n) is 3.01. The largest absolute Gasteiger partial charge is 0.497 e. The molecule has 0 unspecified atom stereocenters. The Morgan fingerprint density at radius 3 is 2.44 bits per heavy atom. The molecule has 0 radical (unpaired) electrons. The maximum Gasteiger partial charge on any atom is 0.224 e. The molecule has 0 aliphatic rings. The van der Waals surface area contributed by atoms with E-state index in [0.29, 0.717) is 22.4 Å². The maximum atomic E-state index is 5.97. The summed E-state index contributed by atoms with van der Waals surface area (Å²) in [6, 6.07) is 3.44. The normalized spacial score (nSPS) is 10.5. The molecule has 0 aliphatic heterocycles. The number of halogens is 2. The maximum absolute atomic E-state index is 5.97. The summed E-state index contributed by atoms with van der Waals surface area (Å²) >= 11 is 11.7. The lowest BCUT2D eigenvalue weighted by Gasteiger charge is -2.08. The van der Waals surface area contributed by atoms with Crippen molar-refractivity contribution in [3.05, 3.63) is 22.6 Å². The van der Waals surface area contributed by atoms with Gasteiger partial charge >= 0.3 is 0 Å². The Morgan fingerprint density at radius 2 is 1.81 bits per heavy atom. The van der Waals surface area contributed by atoms with Crippen LogP contribution in [-0.4, -0.2) is 24.2 Å². The van der Waals surface area contributed by atoms with Crippen molar-refractivity contribution in [1.29, 1.82) is 0 Å². The Balaban J connectivity index is 2.83. The number of fused-ring (bicyclic) bond motifs is 1. The molecule has 0 spiro atoms. The SMILES string of the molecule is COc1cc(OC)c2nc(Cl)nc(Cl)c2c1. The Labute approximate surface area is 102 Å². The van der Waals surface area contributed by atoms with Gasteiger partial charge in [-0.05, 0) is 17.7 Å². The summed E-state index contributed by atoms with van der Waals surface area (Å²) in [4.78, 5) is 7.93. The van der Waals surface area contributed by atoms with E-state index in [1.807, 2.05) is 0 Å². The molecule has 0 amide bonds. The van der Waals surface area contributed by atoms with Gasteiger partial charge in [0, 0.05) is 11.5 Å². The molecular weight excluding hydrogens is 251 g/mol. The predicted octanol–water partition coefficient (Wildman–Crippen LogP) is 2.95. The average Bonchev–Trinajstić information content (AvgIpc) is 2.28. The van der Waals surface area contributed by atoms with Crippen molar-refractivity contribution in [1.82, 2.24) is 9.97 Å². The Morgan fingerprint density at radius 1 is 1.06 bits per heavy atom. The van der Waals surface area contributed by atoms with Crippen LogP contribution >= 0.6 is 23.2 Å². The zero-order valence-corrected chi connectivity index (χ0v) is 10.1. The quantitative estimate of drug-likeness (QED) is 0.614. The summed E-state index contributed by atoms with van der Waals surface area (Å²) in [6.45, 7) is 0. The van der Waals surface area contributed by atoms with Gasteiger partial charge in [-0.25, -0.2) is 9.97 Å². The van der Waals surface area contributed by atoms with E-state index in [0.717, 1.165) is 0 Å². The second-order valence-corrected chi connectivity index (χ2v) is 3.71. The Kier molecular flexibility index (Phi) is 3.03. The lowest BCUT2D eigenvalue weighted by molar-refractivity contribution is 0.397. The summed E-state index contributed by atoms with van der Waals surface area (Å²) in [5.74, 6) is 1.16. The fraction of sp³-hybridized carbons (Fsp3) is 0.200. The van der Waals surface area contributed by atoms with Gasteiger partial charge in [0.15, 0.2) is 0 Å². The summed E-state index contributed by atoms with van der Waals surface area (Å²) in [6.07, 6.45) is 0. The van der Waals surface area contributed by atoms with Crippen LogP contribution in [-0.2, 0) is 0 Å². The number of rotatable bonds is 2. The Bertz CT molecular complexity index is 546. The average molecular weight is 259 g/mol. The summed E-state index contributed by atoms with van der Waals surface area (Å²) in [7, 11) is 3.10. The van der Waals surface area contributed by atoms with Crippen LogP contribution in [0, 0.1) is 0 Å². The van der Waals surface area contributed by atoms with Crippen LogP contribution in [0.15, 0.2) is 12.1 Å². The van der Waals surface area contributed by atoms with Crippen LogP contribution < -0.4 is 9.47 Å². The minimum Gasteiger partial charge on any atom is -0.497 e. The van der Waals surface area contributed by atoms with Gasteiger partial charge in [0.25, 0.3) is 0 Å². The molecule has 2 rings (SSSR count). The van der Waals surface area contributed by atoms with Crippen LogP contribution in [0.25, 0.3) is 10.9 Å². The molecule has 1 aromatic carbocycles. The number of hydrogen-bond acceptors (Lipinski definition) is 4. The molecule has 0 bridgehead atoms. The first-order valence-electron chi connectivity index (χ1n) is 4.40. The third-order valence-electron chi connectivity index (χ3n) is 2.12. The predicted molar refractivity (Wildman–Crippen MR) is 62.7 cm³/mol. The lowest BCUT2D eigenvalue weighted by atomic mass is 10.2. The van der Waals surface area contributed by atoms with Gasteiger partial charge in [-0.15, -0.1) is 0 Å². The zero-order chi connectivity index (χ0) is 11.7. The topological polar surface area (TPSA) is 44.2 Å². The molecule has 0 N–H and O–H groups in total. The van der Waals surface area contributed by atoms with Crippen molar-refractivity contribution < 1.29 is 9.47 Å². The van der Waals surface area contributed by atoms with E-state index >= 15 is 0 Å². The number of ether oxygens (including phenoxy) is 2. The van der Waals surface area contributed by atoms with Gasteiger partial charge in [0.2, 0.25) is 5.28 Å². The van der Waals surface area contributed by atoms with E-state index in [-0.39, 0.29) is 10.4 Å². The molecule has 1 aromatic heterocycles. The van der Waals surface area contributed by atoms with Gasteiger partial charge in [-0.3, -0.25) is 0 Å². The van der Waals surface area contributed by atoms with Crippen molar-refractivity contribution >= 4 is 34.1 Å². The zero-order valence-electron chi connectivity index (χ0n) is 8.62. The first kappa shape index (κ1) is 11.2. The third-order valence-corrected chi connectivity index (χ3v) is 2.58. The molecule has 0 aliphatic carbocycles. The third kappa shape index (κ3) is 1.86. The molecule has 0 saturated carbocycles. The summed E-state index contributed by atoms with van der Waals surface area (Å²) < 4.78 is 10.3. The highest BCUT2D eigenvalue weighted by Crippen LogP contribution is 2.33. The van der Waals surface area contributed by atoms with Crippen LogP contribution in [0.3, 0.4) is 0 Å². The van der Waals surface area contributed by atoms with E-state index < -0.39 is 0 Å². The number of nitrogens with zero attached hydrogens (tertiary/aromatic N) is 2. The fourth-order valence-electron chi connectivity index (χ4n) is 1.39. The van der Waals surface area contributed by atoms with Gasteiger partial charge in [-0.1, -0.05) is 11.6 Å². The molecule has 0 atom stereocenters. The molecule has 84 valence electrons. The number of aromatic nitrogens is 2. The van der Waals surface area contributed by atoms with Crippen LogP contribution in [0.1, 0.15) is 0 Å². The number of hydrogen-bond donors (Lipinski definition) is 0. The summed E-state index contributed by atoms with van der Waals surface area (Å²) in [5, 5.41) is 0.996. The van der Waals surface area contributed by atoms with E-state index in [1.54, 1.807) is 19.2 Å². The molecule has 0 fully saturated rings. The summed E-state index contributed by atoms with van der Waals surface area (Å²) in [5.41, 5.74) is 0.563. The second kappa shape index (κ2) is 4.31. The molecule has 0 saturated heterocycles. The number of methoxy groups -OCH3 is 2. The smallest absolute Gasteiger partial charge is 0.224 e. The monoisotopic (exact) mass is 258 g/mol. The van der Waals surface area contributed by atoms with E-state index in [2.05, 4.69) is 9.97 Å². The highest BCUT2D eigenvalue weighted by Gasteiger charge is 2.11. The minimum absolute atomic E-state index is 0.0842. The molecule has 2 aromatic rings. The van der Waals surface area contributed by atoms with Crippen molar-refractivity contribution in [3.8, 4) is 11.5 Å². The van der Waals surface area contributed by atoms with Gasteiger partial charge < -0.3 is 9.47 Å². The first-order valence-corrected chi connectivity index (χ1v) is 5.16. The van der Waals surface area contributed by atoms with Crippen LogP contribution in [0.2, 0.25) is 10.4 Å². The van der Waals surface area contributed by atoms with E-state index in [4.69, 9.17) is 32.7 Å².